The first-order chi connectivity index (χ1) is 13.6. The zero-order valence-electron chi connectivity index (χ0n) is 15.1. The van der Waals surface area contributed by atoms with E-state index in [4.69, 9.17) is 16.3 Å². The van der Waals surface area contributed by atoms with Gasteiger partial charge in [-0.2, -0.15) is 11.8 Å². The molecule has 2 N–H and O–H groups in total. The molecule has 0 unspecified atom stereocenters. The van der Waals surface area contributed by atoms with Crippen LogP contribution >= 0.6 is 23.4 Å². The van der Waals surface area contributed by atoms with Gasteiger partial charge in [-0.15, -0.1) is 0 Å². The third-order valence-corrected chi connectivity index (χ3v) is 7.31. The molecule has 4 nitrogen and oxygen atoms in total. The average molecular weight is 414 g/mol. The van der Waals surface area contributed by atoms with Crippen molar-refractivity contribution in [3.63, 3.8) is 0 Å². The van der Waals surface area contributed by atoms with Crippen LogP contribution in [0, 0.1) is 5.92 Å². The van der Waals surface area contributed by atoms with Crippen molar-refractivity contribution in [2.24, 2.45) is 5.92 Å². The van der Waals surface area contributed by atoms with Crippen molar-refractivity contribution in [1.82, 2.24) is 0 Å². The molecule has 2 aliphatic heterocycles. The number of allylic oxidation sites excluding steroid dienone is 2. The summed E-state index contributed by atoms with van der Waals surface area (Å²) in [6.45, 7) is 0. The molecule has 2 heterocycles. The van der Waals surface area contributed by atoms with E-state index in [2.05, 4.69) is 29.6 Å². The van der Waals surface area contributed by atoms with Gasteiger partial charge >= 0.3 is 5.97 Å². The van der Waals surface area contributed by atoms with Crippen LogP contribution < -0.4 is 10.1 Å². The quantitative estimate of drug-likeness (QED) is 0.661. The van der Waals surface area contributed by atoms with E-state index in [0.717, 1.165) is 34.9 Å². The number of carboxylic acid groups (broad SMARTS) is 1. The average Bonchev–Trinajstić information content (AvgIpc) is 3.14. The van der Waals surface area contributed by atoms with Crippen molar-refractivity contribution in [2.75, 3.05) is 16.8 Å². The Labute approximate surface area is 172 Å². The molecule has 0 spiro atoms. The second-order valence-electron chi connectivity index (χ2n) is 7.55. The molecule has 2 aromatic carbocycles. The molecule has 144 valence electrons. The summed E-state index contributed by atoms with van der Waals surface area (Å²) in [6.07, 6.45) is 5.63. The van der Waals surface area contributed by atoms with Gasteiger partial charge in [-0.3, -0.25) is 0 Å². The summed E-state index contributed by atoms with van der Waals surface area (Å²) < 4.78 is 6.07. The normalized spacial score (nSPS) is 25.4. The van der Waals surface area contributed by atoms with Gasteiger partial charge in [0, 0.05) is 17.4 Å². The molecule has 0 saturated carbocycles. The van der Waals surface area contributed by atoms with Crippen LogP contribution in [-0.4, -0.2) is 28.7 Å². The number of anilines is 1. The molecule has 0 aromatic heterocycles. The lowest BCUT2D eigenvalue weighted by Crippen LogP contribution is -2.31. The summed E-state index contributed by atoms with van der Waals surface area (Å²) in [4.78, 5) is 11.5. The fraction of sp³-hybridized carbons (Fsp3) is 0.318. The van der Waals surface area contributed by atoms with E-state index < -0.39 is 5.97 Å². The fourth-order valence-electron chi connectivity index (χ4n) is 4.36. The largest absolute Gasteiger partial charge is 0.489 e. The smallest absolute Gasteiger partial charge is 0.335 e. The lowest BCUT2D eigenvalue weighted by atomic mass is 9.76. The van der Waals surface area contributed by atoms with Crippen molar-refractivity contribution < 1.29 is 14.6 Å². The van der Waals surface area contributed by atoms with Gasteiger partial charge in [-0.25, -0.2) is 4.79 Å². The van der Waals surface area contributed by atoms with Crippen LogP contribution in [0.4, 0.5) is 5.69 Å². The summed E-state index contributed by atoms with van der Waals surface area (Å²) in [7, 11) is 0. The Morgan fingerprint density at radius 1 is 1.25 bits per heavy atom. The minimum absolute atomic E-state index is 0.0972. The Bertz CT molecular complexity index is 972. The van der Waals surface area contributed by atoms with Gasteiger partial charge < -0.3 is 15.2 Å². The number of carbonyl (C=O) groups is 1. The summed E-state index contributed by atoms with van der Waals surface area (Å²) >= 11 is 8.39. The van der Waals surface area contributed by atoms with Gasteiger partial charge in [0.05, 0.1) is 22.3 Å². The topological polar surface area (TPSA) is 58.6 Å². The van der Waals surface area contributed by atoms with Gasteiger partial charge in [-0.1, -0.05) is 35.9 Å². The second-order valence-corrected chi connectivity index (χ2v) is 9.03. The summed E-state index contributed by atoms with van der Waals surface area (Å²) in [5.74, 6) is 2.53. The van der Waals surface area contributed by atoms with E-state index in [1.807, 2.05) is 23.9 Å². The maximum atomic E-state index is 11.5. The number of nitrogens with one attached hydrogen (secondary N) is 1. The van der Waals surface area contributed by atoms with Crippen molar-refractivity contribution in [2.45, 2.75) is 24.5 Å². The van der Waals surface area contributed by atoms with Crippen LogP contribution in [0.5, 0.6) is 5.75 Å². The number of halogens is 1. The number of carboxylic acids is 1. The molecular weight excluding hydrogens is 394 g/mol. The zero-order chi connectivity index (χ0) is 19.3. The highest BCUT2D eigenvalue weighted by Gasteiger charge is 2.39. The molecule has 0 amide bonds. The molecule has 3 atom stereocenters. The highest BCUT2D eigenvalue weighted by atomic mass is 35.5. The zero-order valence-corrected chi connectivity index (χ0v) is 16.7. The molecule has 1 aliphatic carbocycles. The van der Waals surface area contributed by atoms with Crippen molar-refractivity contribution in [3.8, 4) is 5.75 Å². The third-order valence-electron chi connectivity index (χ3n) is 5.80. The van der Waals surface area contributed by atoms with Crippen LogP contribution in [0.25, 0.3) is 0 Å². The maximum absolute atomic E-state index is 11.5. The number of fused-ring (bicyclic) bond motifs is 3. The Hall–Kier alpha value is -2.11. The lowest BCUT2D eigenvalue weighted by Gasteiger charge is -2.38. The van der Waals surface area contributed by atoms with E-state index >= 15 is 0 Å². The molecule has 6 heteroatoms. The van der Waals surface area contributed by atoms with Crippen LogP contribution in [-0.2, 0) is 0 Å². The maximum Gasteiger partial charge on any atom is 0.335 e. The van der Waals surface area contributed by atoms with Crippen molar-refractivity contribution in [1.29, 1.82) is 0 Å². The van der Waals surface area contributed by atoms with E-state index in [1.165, 1.54) is 11.6 Å². The fourth-order valence-corrected chi connectivity index (χ4v) is 5.21. The second kappa shape index (κ2) is 7.05. The SMILES string of the molecule is O=C(O)c1cc(Cl)c2c(c1)[C@H]1C=CC[C@@H]1[C@@H](c1cccc(OC3CSC3)c1)N2. The molecule has 28 heavy (non-hydrogen) atoms. The Balaban J connectivity index is 1.51. The predicted octanol–water partition coefficient (Wildman–Crippen LogP) is 5.36. The molecule has 3 aliphatic rings. The number of hydrogen-bond donors (Lipinski definition) is 2. The minimum Gasteiger partial charge on any atom is -0.489 e. The van der Waals surface area contributed by atoms with E-state index in [9.17, 15) is 9.90 Å². The van der Waals surface area contributed by atoms with Crippen LogP contribution in [0.2, 0.25) is 5.02 Å². The highest BCUT2D eigenvalue weighted by Crippen LogP contribution is 2.52. The molecule has 0 radical (unpaired) electrons. The van der Waals surface area contributed by atoms with Gasteiger partial charge in [0.15, 0.2) is 0 Å². The first-order valence-electron chi connectivity index (χ1n) is 9.44. The first kappa shape index (κ1) is 18.0. The summed E-state index contributed by atoms with van der Waals surface area (Å²) in [5, 5.41) is 13.5. The number of benzene rings is 2. The van der Waals surface area contributed by atoms with Gasteiger partial charge in [0.2, 0.25) is 0 Å². The summed E-state index contributed by atoms with van der Waals surface area (Å²) in [5.41, 5.74) is 3.22. The number of ether oxygens (including phenoxy) is 1. The molecule has 1 saturated heterocycles. The minimum atomic E-state index is -0.954. The Kier molecular flexibility index (Phi) is 4.52. The Morgan fingerprint density at radius 3 is 2.86 bits per heavy atom. The van der Waals surface area contributed by atoms with Crippen LogP contribution in [0.1, 0.15) is 39.9 Å². The molecule has 1 fully saturated rings. The van der Waals surface area contributed by atoms with Crippen LogP contribution in [0.15, 0.2) is 48.6 Å². The van der Waals surface area contributed by atoms with Crippen molar-refractivity contribution in [3.05, 3.63) is 70.3 Å². The van der Waals surface area contributed by atoms with Gasteiger partial charge in [-0.05, 0) is 47.7 Å². The van der Waals surface area contributed by atoms with Crippen LogP contribution in [0.3, 0.4) is 0 Å². The third kappa shape index (κ3) is 3.07. The monoisotopic (exact) mass is 413 g/mol. The molecular formula is C22H20ClNO3S. The molecule has 2 aromatic rings. The number of thioether (sulfide) groups is 1. The number of aromatic carboxylic acids is 1. The van der Waals surface area contributed by atoms with E-state index in [0.29, 0.717) is 17.0 Å². The van der Waals surface area contributed by atoms with E-state index in [1.54, 1.807) is 6.07 Å². The lowest BCUT2D eigenvalue weighted by molar-refractivity contribution is 0.0696. The summed E-state index contributed by atoms with van der Waals surface area (Å²) in [6, 6.07) is 11.7. The van der Waals surface area contributed by atoms with Gasteiger partial charge in [0.25, 0.3) is 0 Å². The van der Waals surface area contributed by atoms with Crippen molar-refractivity contribution >= 4 is 35.0 Å². The van der Waals surface area contributed by atoms with Gasteiger partial charge in [0.1, 0.15) is 11.9 Å². The number of hydrogen-bond acceptors (Lipinski definition) is 4. The molecule has 0 bridgehead atoms. The first-order valence-corrected chi connectivity index (χ1v) is 11.0. The standard InChI is InChI=1S/C22H20ClNO3S/c23-19-9-13(22(25)26)8-18-16-5-2-6-17(16)20(24-21(18)19)12-3-1-4-14(7-12)27-15-10-28-11-15/h1-5,7-9,15-17,20,24H,6,10-11H2,(H,25,26)/t16-,17-,20+/m0/s1. The number of rotatable bonds is 4. The predicted molar refractivity (Wildman–Crippen MR) is 113 cm³/mol. The van der Waals surface area contributed by atoms with E-state index in [-0.39, 0.29) is 17.5 Å². The highest BCUT2D eigenvalue weighted by molar-refractivity contribution is 8.00. The molecule has 5 rings (SSSR count). The Morgan fingerprint density at radius 2 is 2.11 bits per heavy atom.